The highest BCUT2D eigenvalue weighted by atomic mass is 16.5. The van der Waals surface area contributed by atoms with Gasteiger partial charge in [-0.1, -0.05) is 18.2 Å². The number of hydrogen-bond acceptors (Lipinski definition) is 4. The summed E-state index contributed by atoms with van der Waals surface area (Å²) in [5.41, 5.74) is 1.93. The molecule has 0 saturated carbocycles. The van der Waals surface area contributed by atoms with Crippen molar-refractivity contribution < 1.29 is 18.7 Å². The highest BCUT2D eigenvalue weighted by Gasteiger charge is 2.11. The van der Waals surface area contributed by atoms with Gasteiger partial charge in [0.2, 0.25) is 0 Å². The zero-order valence-corrected chi connectivity index (χ0v) is 14.2. The molecule has 0 unspecified atom stereocenters. The zero-order valence-electron chi connectivity index (χ0n) is 14.2. The van der Waals surface area contributed by atoms with Crippen LogP contribution in [0.4, 0.5) is 5.69 Å². The van der Waals surface area contributed by atoms with Crippen molar-refractivity contribution in [3.05, 3.63) is 83.8 Å². The van der Waals surface area contributed by atoms with Gasteiger partial charge in [0.05, 0.1) is 13.4 Å². The van der Waals surface area contributed by atoms with Crippen molar-refractivity contribution in [2.24, 2.45) is 0 Å². The highest BCUT2D eigenvalue weighted by Crippen LogP contribution is 2.14. The quantitative estimate of drug-likeness (QED) is 0.713. The molecule has 3 aromatic rings. The van der Waals surface area contributed by atoms with Gasteiger partial charge >= 0.3 is 0 Å². The van der Waals surface area contributed by atoms with Gasteiger partial charge in [-0.05, 0) is 48.0 Å². The van der Waals surface area contributed by atoms with E-state index in [1.165, 1.54) is 6.26 Å². The fourth-order valence-corrected chi connectivity index (χ4v) is 2.37. The van der Waals surface area contributed by atoms with Crippen molar-refractivity contribution in [1.82, 2.24) is 5.32 Å². The molecule has 0 atom stereocenters. The van der Waals surface area contributed by atoms with Gasteiger partial charge in [-0.3, -0.25) is 9.59 Å². The second-order valence-electron chi connectivity index (χ2n) is 5.54. The predicted octanol–water partition coefficient (Wildman–Crippen LogP) is 3.47. The smallest absolute Gasteiger partial charge is 0.291 e. The second-order valence-corrected chi connectivity index (χ2v) is 5.54. The molecule has 6 heteroatoms. The zero-order chi connectivity index (χ0) is 18.4. The molecule has 1 aromatic heterocycles. The molecule has 0 spiro atoms. The Bertz CT molecular complexity index is 886. The number of methoxy groups -OCH3 is 1. The number of benzene rings is 2. The van der Waals surface area contributed by atoms with Crippen LogP contribution in [0.1, 0.15) is 26.5 Å². The number of ether oxygens (including phenoxy) is 1. The molecular weight excluding hydrogens is 332 g/mol. The monoisotopic (exact) mass is 350 g/mol. The maximum absolute atomic E-state index is 12.3. The second kappa shape index (κ2) is 8.02. The van der Waals surface area contributed by atoms with Gasteiger partial charge in [0.25, 0.3) is 11.8 Å². The van der Waals surface area contributed by atoms with Crippen molar-refractivity contribution >= 4 is 17.5 Å². The lowest BCUT2D eigenvalue weighted by Gasteiger charge is -2.08. The molecule has 2 amide bonds. The lowest BCUT2D eigenvalue weighted by molar-refractivity contribution is 0.0949. The van der Waals surface area contributed by atoms with Crippen molar-refractivity contribution in [2.75, 3.05) is 12.4 Å². The summed E-state index contributed by atoms with van der Waals surface area (Å²) in [7, 11) is 1.61. The summed E-state index contributed by atoms with van der Waals surface area (Å²) >= 11 is 0. The minimum absolute atomic E-state index is 0.208. The highest BCUT2D eigenvalue weighted by molar-refractivity contribution is 6.03. The summed E-state index contributed by atoms with van der Waals surface area (Å²) in [5.74, 6) is 0.375. The van der Waals surface area contributed by atoms with Gasteiger partial charge in [0.15, 0.2) is 5.76 Å². The number of amides is 2. The number of furan rings is 1. The van der Waals surface area contributed by atoms with Crippen LogP contribution in [0.25, 0.3) is 0 Å². The summed E-state index contributed by atoms with van der Waals surface area (Å²) in [5, 5.41) is 5.55. The minimum atomic E-state index is -0.370. The van der Waals surface area contributed by atoms with Crippen LogP contribution in [0.2, 0.25) is 0 Å². The molecule has 0 aliphatic carbocycles. The van der Waals surface area contributed by atoms with E-state index in [2.05, 4.69) is 10.6 Å². The molecule has 0 radical (unpaired) electrons. The molecule has 1 heterocycles. The largest absolute Gasteiger partial charge is 0.497 e. The van der Waals surface area contributed by atoms with E-state index in [9.17, 15) is 9.59 Å². The molecule has 0 bridgehead atoms. The molecule has 26 heavy (non-hydrogen) atoms. The van der Waals surface area contributed by atoms with Gasteiger partial charge in [0, 0.05) is 17.8 Å². The molecule has 132 valence electrons. The van der Waals surface area contributed by atoms with Crippen molar-refractivity contribution in [3.63, 3.8) is 0 Å². The lowest BCUT2D eigenvalue weighted by Crippen LogP contribution is -2.23. The first-order valence-corrected chi connectivity index (χ1v) is 8.02. The van der Waals surface area contributed by atoms with E-state index in [0.717, 1.165) is 11.3 Å². The molecule has 0 aliphatic rings. The number of hydrogen-bond donors (Lipinski definition) is 2. The Morgan fingerprint density at radius 1 is 1.00 bits per heavy atom. The summed E-state index contributed by atoms with van der Waals surface area (Å²) in [6.07, 6.45) is 1.43. The lowest BCUT2D eigenvalue weighted by atomic mass is 10.1. The summed E-state index contributed by atoms with van der Waals surface area (Å²) < 4.78 is 10.2. The number of nitrogens with one attached hydrogen (secondary N) is 2. The van der Waals surface area contributed by atoms with Crippen LogP contribution < -0.4 is 15.4 Å². The van der Waals surface area contributed by atoms with Crippen molar-refractivity contribution in [1.29, 1.82) is 0 Å². The van der Waals surface area contributed by atoms with E-state index in [1.54, 1.807) is 43.5 Å². The minimum Gasteiger partial charge on any atom is -0.497 e. The summed E-state index contributed by atoms with van der Waals surface area (Å²) in [6.45, 7) is 0.395. The van der Waals surface area contributed by atoms with E-state index in [1.807, 2.05) is 24.3 Å². The fraction of sp³-hybridized carbons (Fsp3) is 0.100. The Morgan fingerprint density at radius 3 is 2.50 bits per heavy atom. The Labute approximate surface area is 150 Å². The molecule has 0 fully saturated rings. The molecule has 2 aromatic carbocycles. The maximum atomic E-state index is 12.3. The Morgan fingerprint density at radius 2 is 1.81 bits per heavy atom. The van der Waals surface area contributed by atoms with E-state index < -0.39 is 0 Å². The summed E-state index contributed by atoms with van der Waals surface area (Å²) in [4.78, 5) is 24.3. The van der Waals surface area contributed by atoms with Gasteiger partial charge in [-0.2, -0.15) is 0 Å². The number of carbonyl (C=O) groups excluding carboxylic acids is 2. The van der Waals surface area contributed by atoms with E-state index in [4.69, 9.17) is 9.15 Å². The Hall–Kier alpha value is -3.54. The molecule has 3 rings (SSSR count). The van der Waals surface area contributed by atoms with E-state index in [-0.39, 0.29) is 17.6 Å². The maximum Gasteiger partial charge on any atom is 0.291 e. The van der Waals surface area contributed by atoms with Gasteiger partial charge < -0.3 is 19.8 Å². The molecule has 6 nitrogen and oxygen atoms in total. The molecule has 0 saturated heterocycles. The predicted molar refractivity (Wildman–Crippen MR) is 97.3 cm³/mol. The SMILES string of the molecule is COc1ccc(CNC(=O)c2cccc(NC(=O)c3ccco3)c2)cc1. The third-order valence-electron chi connectivity index (χ3n) is 3.74. The van der Waals surface area contributed by atoms with Gasteiger partial charge in [-0.15, -0.1) is 0 Å². The molecule has 0 aliphatic heterocycles. The van der Waals surface area contributed by atoms with Crippen LogP contribution in [0.5, 0.6) is 5.75 Å². The van der Waals surface area contributed by atoms with Gasteiger partial charge in [0.1, 0.15) is 5.75 Å². The average Bonchev–Trinajstić information content (AvgIpc) is 3.22. The van der Waals surface area contributed by atoms with Crippen LogP contribution in [0.15, 0.2) is 71.3 Å². The average molecular weight is 350 g/mol. The van der Waals surface area contributed by atoms with E-state index in [0.29, 0.717) is 17.8 Å². The van der Waals surface area contributed by atoms with Crippen LogP contribution in [-0.4, -0.2) is 18.9 Å². The normalized spacial score (nSPS) is 10.2. The van der Waals surface area contributed by atoms with Crippen LogP contribution in [0.3, 0.4) is 0 Å². The van der Waals surface area contributed by atoms with Crippen molar-refractivity contribution in [3.8, 4) is 5.75 Å². The van der Waals surface area contributed by atoms with Crippen molar-refractivity contribution in [2.45, 2.75) is 6.54 Å². The Kier molecular flexibility index (Phi) is 5.34. The van der Waals surface area contributed by atoms with Crippen LogP contribution >= 0.6 is 0 Å². The number of carbonyl (C=O) groups is 2. The third-order valence-corrected chi connectivity index (χ3v) is 3.74. The van der Waals surface area contributed by atoms with E-state index >= 15 is 0 Å². The molecule has 2 N–H and O–H groups in total. The Balaban J connectivity index is 1.61. The van der Waals surface area contributed by atoms with Gasteiger partial charge in [-0.25, -0.2) is 0 Å². The topological polar surface area (TPSA) is 80.6 Å². The number of anilines is 1. The first kappa shape index (κ1) is 17.3. The first-order valence-electron chi connectivity index (χ1n) is 8.02. The van der Waals surface area contributed by atoms with Crippen LogP contribution in [0, 0.1) is 0 Å². The standard InChI is InChI=1S/C20H18N2O4/c1-25-17-9-7-14(8-10-17)13-21-19(23)15-4-2-5-16(12-15)22-20(24)18-6-3-11-26-18/h2-12H,13H2,1H3,(H,21,23)(H,22,24). The molecular formula is C20H18N2O4. The fourth-order valence-electron chi connectivity index (χ4n) is 2.37. The summed E-state index contributed by atoms with van der Waals surface area (Å²) in [6, 6.07) is 17.4. The first-order chi connectivity index (χ1) is 12.7. The number of rotatable bonds is 6. The third kappa shape index (κ3) is 4.30. The van der Waals surface area contributed by atoms with Crippen LogP contribution in [-0.2, 0) is 6.54 Å².